The molecular weight excluding hydrogens is 477 g/mol. The van der Waals surface area contributed by atoms with Gasteiger partial charge in [0.1, 0.15) is 11.9 Å². The summed E-state index contributed by atoms with van der Waals surface area (Å²) in [6.07, 6.45) is 0.135. The second-order valence-corrected chi connectivity index (χ2v) is 9.78. The number of benzene rings is 4. The molecular formula is C32H32NO3P. The minimum absolute atomic E-state index is 0.119. The molecule has 2 unspecified atom stereocenters. The summed E-state index contributed by atoms with van der Waals surface area (Å²) in [7, 11) is 2.73. The van der Waals surface area contributed by atoms with E-state index in [0.717, 1.165) is 16.7 Å². The molecule has 4 rings (SSSR count). The molecule has 4 aromatic carbocycles. The summed E-state index contributed by atoms with van der Waals surface area (Å²) in [5, 5.41) is -1.35. The molecule has 0 aliphatic heterocycles. The maximum absolute atomic E-state index is 14.8. The van der Waals surface area contributed by atoms with E-state index in [1.807, 2.05) is 128 Å². The Bertz CT molecular complexity index is 1240. The molecule has 5 heteroatoms. The van der Waals surface area contributed by atoms with Crippen LogP contribution in [0.1, 0.15) is 41.5 Å². The van der Waals surface area contributed by atoms with E-state index in [1.165, 1.54) is 0 Å². The first-order valence-corrected chi connectivity index (χ1v) is 13.1. The fourth-order valence-corrected chi connectivity index (χ4v) is 5.16. The van der Waals surface area contributed by atoms with Crippen molar-refractivity contribution in [2.75, 3.05) is 6.54 Å². The van der Waals surface area contributed by atoms with Gasteiger partial charge in [0.15, 0.2) is 5.78 Å². The van der Waals surface area contributed by atoms with Crippen LogP contribution in [0.2, 0.25) is 0 Å². The lowest BCUT2D eigenvalue weighted by molar-refractivity contribution is -0.126. The van der Waals surface area contributed by atoms with E-state index in [2.05, 4.69) is 9.24 Å². The van der Waals surface area contributed by atoms with Crippen molar-refractivity contribution in [2.45, 2.75) is 31.1 Å². The molecule has 4 aromatic rings. The van der Waals surface area contributed by atoms with Gasteiger partial charge < -0.3 is 4.74 Å². The van der Waals surface area contributed by atoms with Gasteiger partial charge in [0.05, 0.1) is 5.92 Å². The van der Waals surface area contributed by atoms with Gasteiger partial charge in [-0.15, -0.1) is 0 Å². The van der Waals surface area contributed by atoms with Crippen LogP contribution in [0, 0.1) is 0 Å². The number of hydrogen-bond acceptors (Lipinski definition) is 3. The minimum Gasteiger partial charge on any atom is -0.445 e. The van der Waals surface area contributed by atoms with Crippen LogP contribution in [0.15, 0.2) is 121 Å². The summed E-state index contributed by atoms with van der Waals surface area (Å²) in [6.45, 7) is 2.47. The molecule has 0 radical (unpaired) electrons. The zero-order valence-electron chi connectivity index (χ0n) is 21.0. The maximum atomic E-state index is 14.8. The van der Waals surface area contributed by atoms with E-state index in [-0.39, 0.29) is 12.4 Å². The number of Topliss-reactive ketones (excluding diaryl/α,β-unsaturated/α-hetero) is 1. The lowest BCUT2D eigenvalue weighted by atomic mass is 9.82. The Balaban J connectivity index is 1.80. The highest BCUT2D eigenvalue weighted by Crippen LogP contribution is 2.43. The smallest absolute Gasteiger partial charge is 0.411 e. The topological polar surface area (TPSA) is 46.6 Å². The van der Waals surface area contributed by atoms with Gasteiger partial charge in [0.2, 0.25) is 0 Å². The Morgan fingerprint density at radius 3 is 1.70 bits per heavy atom. The molecule has 0 heterocycles. The number of ketones is 1. The molecule has 0 aliphatic carbocycles. The standard InChI is InChI=1S/C32H32NO3P/c1-2-23-33(31(35)36-24-25-15-7-3-8-16-25)32(37,28-21-13-6-14-22-28)30(34)29(26-17-9-4-10-18-26)27-19-11-5-12-20-27/h3-22,29H,2,23-24,37H2,1H3. The summed E-state index contributed by atoms with van der Waals surface area (Å²) < 4.78 is 5.77. The van der Waals surface area contributed by atoms with Crippen LogP contribution in [0.25, 0.3) is 0 Å². The number of carbonyl (C=O) groups excluding carboxylic acids is 2. The number of carbonyl (C=O) groups is 2. The molecule has 0 saturated heterocycles. The van der Waals surface area contributed by atoms with Crippen molar-refractivity contribution in [1.82, 2.24) is 4.90 Å². The third-order valence-electron chi connectivity index (χ3n) is 6.42. The van der Waals surface area contributed by atoms with Crippen LogP contribution >= 0.6 is 9.24 Å². The Morgan fingerprint density at radius 1 is 0.757 bits per heavy atom. The zero-order chi connectivity index (χ0) is 26.1. The summed E-state index contributed by atoms with van der Waals surface area (Å²) in [4.78, 5) is 30.0. The minimum atomic E-state index is -1.35. The number of nitrogens with zero attached hydrogens (tertiary/aromatic N) is 1. The molecule has 0 spiro atoms. The van der Waals surface area contributed by atoms with E-state index in [0.29, 0.717) is 18.5 Å². The van der Waals surface area contributed by atoms with E-state index in [9.17, 15) is 9.59 Å². The third kappa shape index (κ3) is 5.98. The van der Waals surface area contributed by atoms with Crippen molar-refractivity contribution in [3.63, 3.8) is 0 Å². The van der Waals surface area contributed by atoms with E-state index < -0.39 is 17.3 Å². The van der Waals surface area contributed by atoms with Crippen molar-refractivity contribution in [3.8, 4) is 0 Å². The first kappa shape index (κ1) is 26.3. The van der Waals surface area contributed by atoms with E-state index in [1.54, 1.807) is 4.90 Å². The van der Waals surface area contributed by atoms with Crippen LogP contribution in [-0.2, 0) is 21.4 Å². The van der Waals surface area contributed by atoms with Crippen molar-refractivity contribution in [3.05, 3.63) is 144 Å². The third-order valence-corrected chi connectivity index (χ3v) is 7.35. The van der Waals surface area contributed by atoms with Gasteiger partial charge in [-0.1, -0.05) is 137 Å². The summed E-state index contributed by atoms with van der Waals surface area (Å²) >= 11 is 0. The second-order valence-electron chi connectivity index (χ2n) is 8.94. The van der Waals surface area contributed by atoms with Crippen LogP contribution < -0.4 is 0 Å². The predicted molar refractivity (Wildman–Crippen MR) is 151 cm³/mol. The number of hydrogen-bond donors (Lipinski definition) is 0. The lowest BCUT2D eigenvalue weighted by Crippen LogP contribution is -2.52. The fraction of sp³-hybridized carbons (Fsp3) is 0.188. The molecule has 0 aliphatic rings. The summed E-state index contributed by atoms with van der Waals surface area (Å²) in [6, 6.07) is 38.5. The molecule has 2 atom stereocenters. The van der Waals surface area contributed by atoms with Crippen LogP contribution in [0.4, 0.5) is 4.79 Å². The highest BCUT2D eigenvalue weighted by molar-refractivity contribution is 7.20. The fourth-order valence-electron chi connectivity index (χ4n) is 4.56. The molecule has 188 valence electrons. The van der Waals surface area contributed by atoms with Crippen LogP contribution in [0.5, 0.6) is 0 Å². The molecule has 0 saturated carbocycles. The predicted octanol–water partition coefficient (Wildman–Crippen LogP) is 7.16. The lowest BCUT2D eigenvalue weighted by Gasteiger charge is -2.41. The molecule has 0 N–H and O–H groups in total. The van der Waals surface area contributed by atoms with Crippen molar-refractivity contribution >= 4 is 21.1 Å². The van der Waals surface area contributed by atoms with Gasteiger partial charge in [0, 0.05) is 6.54 Å². The molecule has 0 bridgehead atoms. The van der Waals surface area contributed by atoms with E-state index in [4.69, 9.17) is 4.74 Å². The van der Waals surface area contributed by atoms with Crippen molar-refractivity contribution in [2.24, 2.45) is 0 Å². The molecule has 1 amide bonds. The van der Waals surface area contributed by atoms with Gasteiger partial charge in [-0.3, -0.25) is 9.69 Å². The monoisotopic (exact) mass is 509 g/mol. The highest BCUT2D eigenvalue weighted by atomic mass is 31.0. The van der Waals surface area contributed by atoms with Gasteiger partial charge in [-0.05, 0) is 28.7 Å². The second kappa shape index (κ2) is 12.5. The number of rotatable bonds is 10. The Hall–Kier alpha value is -3.75. The summed E-state index contributed by atoms with van der Waals surface area (Å²) in [5.74, 6) is -0.701. The molecule has 37 heavy (non-hydrogen) atoms. The Kier molecular flexibility index (Phi) is 8.87. The van der Waals surface area contributed by atoms with E-state index >= 15 is 0 Å². The summed E-state index contributed by atoms with van der Waals surface area (Å²) in [5.41, 5.74) is 3.34. The Morgan fingerprint density at radius 2 is 1.22 bits per heavy atom. The number of ether oxygens (including phenoxy) is 1. The van der Waals surface area contributed by atoms with Gasteiger partial charge >= 0.3 is 6.09 Å². The largest absolute Gasteiger partial charge is 0.445 e. The first-order valence-electron chi connectivity index (χ1n) is 12.5. The Labute approximate surface area is 221 Å². The normalized spacial score (nSPS) is 12.5. The average Bonchev–Trinajstić information content (AvgIpc) is 2.96. The first-order chi connectivity index (χ1) is 18.1. The molecule has 0 aromatic heterocycles. The average molecular weight is 510 g/mol. The van der Waals surface area contributed by atoms with Crippen molar-refractivity contribution < 1.29 is 14.3 Å². The molecule has 0 fully saturated rings. The van der Waals surface area contributed by atoms with Crippen LogP contribution in [0.3, 0.4) is 0 Å². The molecule has 4 nitrogen and oxygen atoms in total. The van der Waals surface area contributed by atoms with Crippen LogP contribution in [-0.4, -0.2) is 23.3 Å². The van der Waals surface area contributed by atoms with Gasteiger partial charge in [0.25, 0.3) is 0 Å². The highest BCUT2D eigenvalue weighted by Gasteiger charge is 2.47. The quantitative estimate of drug-likeness (QED) is 0.213. The zero-order valence-corrected chi connectivity index (χ0v) is 22.1. The van der Waals surface area contributed by atoms with Gasteiger partial charge in [-0.2, -0.15) is 0 Å². The van der Waals surface area contributed by atoms with Gasteiger partial charge in [-0.25, -0.2) is 4.79 Å². The van der Waals surface area contributed by atoms with Crippen molar-refractivity contribution in [1.29, 1.82) is 0 Å². The maximum Gasteiger partial charge on any atom is 0.411 e. The SMILES string of the molecule is CCCN(C(=O)OCc1ccccc1)C(P)(C(=O)C(c1ccccc1)c1ccccc1)c1ccccc1. The number of amides is 1.